The Bertz CT molecular complexity index is 353. The molecule has 0 spiro atoms. The van der Waals surface area contributed by atoms with Gasteiger partial charge in [0.25, 0.3) is 0 Å². The van der Waals surface area contributed by atoms with Gasteiger partial charge in [0.1, 0.15) is 7.85 Å². The molecular formula is C7H7BN2. The summed E-state index contributed by atoms with van der Waals surface area (Å²) in [6.07, 6.45) is 1.83. The molecule has 0 atom stereocenters. The summed E-state index contributed by atoms with van der Waals surface area (Å²) < 4.78 is 0. The van der Waals surface area contributed by atoms with Crippen LogP contribution in [0.15, 0.2) is 24.4 Å². The summed E-state index contributed by atoms with van der Waals surface area (Å²) >= 11 is 0. The van der Waals surface area contributed by atoms with Crippen molar-refractivity contribution in [2.75, 3.05) is 0 Å². The summed E-state index contributed by atoms with van der Waals surface area (Å²) in [5.74, 6) is 0. The van der Waals surface area contributed by atoms with E-state index in [0.29, 0.717) is 0 Å². The number of nitrogens with one attached hydrogen (secondary N) is 1. The highest BCUT2D eigenvalue weighted by molar-refractivity contribution is 6.33. The summed E-state index contributed by atoms with van der Waals surface area (Å²) in [4.78, 5) is 0. The van der Waals surface area contributed by atoms with E-state index in [2.05, 4.69) is 36.2 Å². The fourth-order valence-electron chi connectivity index (χ4n) is 1.05. The van der Waals surface area contributed by atoms with Gasteiger partial charge in [-0.15, -0.1) is 0 Å². The van der Waals surface area contributed by atoms with E-state index in [9.17, 15) is 0 Å². The molecule has 0 aliphatic carbocycles. The molecule has 0 unspecified atom stereocenters. The van der Waals surface area contributed by atoms with Crippen LogP contribution in [-0.2, 0) is 0 Å². The lowest BCUT2D eigenvalue weighted by Crippen LogP contribution is -1.98. The van der Waals surface area contributed by atoms with Crippen LogP contribution in [0.4, 0.5) is 0 Å². The molecule has 0 bridgehead atoms. The molecule has 0 aliphatic heterocycles. The van der Waals surface area contributed by atoms with E-state index in [1.54, 1.807) is 0 Å². The van der Waals surface area contributed by atoms with Gasteiger partial charge in [0, 0.05) is 5.39 Å². The first-order valence-electron chi connectivity index (χ1n) is 3.26. The fourth-order valence-corrected chi connectivity index (χ4v) is 1.05. The van der Waals surface area contributed by atoms with Crippen molar-refractivity contribution in [1.82, 2.24) is 10.2 Å². The number of rotatable bonds is 0. The zero-order valence-electron chi connectivity index (χ0n) is 5.76. The number of hydrogen-bond donors (Lipinski definition) is 1. The molecule has 0 aliphatic rings. The highest BCUT2D eigenvalue weighted by atomic mass is 15.1. The van der Waals surface area contributed by atoms with Crippen molar-refractivity contribution in [3.8, 4) is 0 Å². The third kappa shape index (κ3) is 0.710. The van der Waals surface area contributed by atoms with E-state index in [1.165, 1.54) is 10.8 Å². The Hall–Kier alpha value is -1.25. The van der Waals surface area contributed by atoms with Crippen LogP contribution in [-0.4, -0.2) is 18.0 Å². The maximum absolute atomic E-state index is 3.92. The number of aromatic amines is 1. The molecule has 10 heavy (non-hydrogen) atoms. The van der Waals surface area contributed by atoms with Gasteiger partial charge in [-0.25, -0.2) is 0 Å². The summed E-state index contributed by atoms with van der Waals surface area (Å²) in [6.45, 7) is 0. The van der Waals surface area contributed by atoms with Gasteiger partial charge in [0.05, 0.1) is 11.7 Å². The van der Waals surface area contributed by atoms with Gasteiger partial charge >= 0.3 is 0 Å². The van der Waals surface area contributed by atoms with Crippen molar-refractivity contribution in [2.45, 2.75) is 0 Å². The molecule has 2 aromatic rings. The first-order valence-corrected chi connectivity index (χ1v) is 3.26. The van der Waals surface area contributed by atoms with Crippen LogP contribution in [0, 0.1) is 0 Å². The van der Waals surface area contributed by atoms with Gasteiger partial charge in [0.2, 0.25) is 0 Å². The van der Waals surface area contributed by atoms with E-state index < -0.39 is 0 Å². The number of nitrogens with zero attached hydrogens (tertiary/aromatic N) is 1. The monoisotopic (exact) mass is 130 g/mol. The molecule has 2 nitrogen and oxygen atoms in total. The van der Waals surface area contributed by atoms with Gasteiger partial charge < -0.3 is 0 Å². The van der Waals surface area contributed by atoms with Crippen molar-refractivity contribution in [3.63, 3.8) is 0 Å². The Morgan fingerprint density at radius 1 is 1.40 bits per heavy atom. The SMILES string of the molecule is Bc1ccc2cn[nH]c2c1. The lowest BCUT2D eigenvalue weighted by Gasteiger charge is -1.89. The molecule has 1 aromatic heterocycles. The zero-order valence-corrected chi connectivity index (χ0v) is 5.76. The van der Waals surface area contributed by atoms with Crippen LogP contribution >= 0.6 is 0 Å². The van der Waals surface area contributed by atoms with Crippen LogP contribution < -0.4 is 5.46 Å². The number of H-pyrrole nitrogens is 1. The quantitative estimate of drug-likeness (QED) is 0.492. The maximum atomic E-state index is 3.92. The topological polar surface area (TPSA) is 28.7 Å². The largest absolute Gasteiger partial charge is 0.278 e. The molecule has 1 aromatic carbocycles. The fraction of sp³-hybridized carbons (Fsp3) is 0. The third-order valence-corrected chi connectivity index (χ3v) is 1.60. The molecular weight excluding hydrogens is 123 g/mol. The Morgan fingerprint density at radius 3 is 3.20 bits per heavy atom. The Balaban J connectivity index is 2.86. The second kappa shape index (κ2) is 1.87. The first-order chi connectivity index (χ1) is 4.86. The van der Waals surface area contributed by atoms with E-state index in [0.717, 1.165) is 5.52 Å². The Kier molecular flexibility index (Phi) is 1.03. The van der Waals surface area contributed by atoms with Gasteiger partial charge in [0.15, 0.2) is 0 Å². The molecule has 0 saturated carbocycles. The van der Waals surface area contributed by atoms with Gasteiger partial charge in [-0.05, 0) is 6.07 Å². The van der Waals surface area contributed by atoms with Crippen LogP contribution in [0.3, 0.4) is 0 Å². The first kappa shape index (κ1) is 5.53. The van der Waals surface area contributed by atoms with Crippen molar-refractivity contribution in [2.24, 2.45) is 0 Å². The van der Waals surface area contributed by atoms with Crippen LogP contribution in [0.2, 0.25) is 0 Å². The Morgan fingerprint density at radius 2 is 2.30 bits per heavy atom. The van der Waals surface area contributed by atoms with Crippen molar-refractivity contribution in [1.29, 1.82) is 0 Å². The number of hydrogen-bond acceptors (Lipinski definition) is 1. The molecule has 1 N–H and O–H groups in total. The number of aromatic nitrogens is 2. The van der Waals surface area contributed by atoms with E-state index in [4.69, 9.17) is 0 Å². The third-order valence-electron chi connectivity index (χ3n) is 1.60. The molecule has 1 heterocycles. The smallest absolute Gasteiger partial charge is 0.139 e. The molecule has 0 saturated heterocycles. The second-order valence-electron chi connectivity index (χ2n) is 2.46. The maximum Gasteiger partial charge on any atom is 0.139 e. The Labute approximate surface area is 59.7 Å². The minimum Gasteiger partial charge on any atom is -0.278 e. The minimum atomic E-state index is 1.11. The van der Waals surface area contributed by atoms with Crippen molar-refractivity contribution < 1.29 is 0 Å². The molecule has 0 radical (unpaired) electrons. The standard InChI is InChI=1S/C7H7BN2/c8-6-2-1-5-4-9-10-7(5)3-6/h1-4H,8H2,(H,9,10). The van der Waals surface area contributed by atoms with Crippen LogP contribution in [0.5, 0.6) is 0 Å². The molecule has 3 heteroatoms. The summed E-state index contributed by atoms with van der Waals surface area (Å²) in [5.41, 5.74) is 2.37. The normalized spacial score (nSPS) is 10.4. The van der Waals surface area contributed by atoms with Gasteiger partial charge in [-0.3, -0.25) is 5.10 Å². The summed E-state index contributed by atoms with van der Waals surface area (Å²) in [7, 11) is 2.07. The second-order valence-corrected chi connectivity index (χ2v) is 2.46. The van der Waals surface area contributed by atoms with Crippen LogP contribution in [0.1, 0.15) is 0 Å². The van der Waals surface area contributed by atoms with Crippen molar-refractivity contribution in [3.05, 3.63) is 24.4 Å². The highest BCUT2D eigenvalue weighted by Crippen LogP contribution is 2.05. The lowest BCUT2D eigenvalue weighted by atomic mass is 9.96. The van der Waals surface area contributed by atoms with E-state index >= 15 is 0 Å². The van der Waals surface area contributed by atoms with Gasteiger partial charge in [-0.2, -0.15) is 5.10 Å². The molecule has 2 rings (SSSR count). The lowest BCUT2D eigenvalue weighted by molar-refractivity contribution is 1.12. The summed E-state index contributed by atoms with van der Waals surface area (Å²) in [6, 6.07) is 6.23. The zero-order chi connectivity index (χ0) is 6.97. The molecule has 0 amide bonds. The van der Waals surface area contributed by atoms with Crippen molar-refractivity contribution >= 4 is 24.2 Å². The average molecular weight is 130 g/mol. The highest BCUT2D eigenvalue weighted by Gasteiger charge is 1.92. The van der Waals surface area contributed by atoms with E-state index in [1.807, 2.05) is 6.20 Å². The van der Waals surface area contributed by atoms with E-state index in [-0.39, 0.29) is 0 Å². The minimum absolute atomic E-state index is 1.11. The predicted octanol–water partition coefficient (Wildman–Crippen LogP) is -0.179. The van der Waals surface area contributed by atoms with Gasteiger partial charge in [-0.1, -0.05) is 17.6 Å². The summed E-state index contributed by atoms with van der Waals surface area (Å²) in [5, 5.41) is 8.00. The number of fused-ring (bicyclic) bond motifs is 1. The predicted molar refractivity (Wildman–Crippen MR) is 44.3 cm³/mol. The molecule has 0 fully saturated rings. The number of benzene rings is 1. The molecule has 48 valence electrons. The van der Waals surface area contributed by atoms with Crippen LogP contribution in [0.25, 0.3) is 10.9 Å². The average Bonchev–Trinajstić information content (AvgIpc) is 2.33.